The van der Waals surface area contributed by atoms with Crippen LogP contribution in [0.2, 0.25) is 0 Å². The van der Waals surface area contributed by atoms with E-state index in [0.717, 1.165) is 16.5 Å². The third kappa shape index (κ3) is 3.91. The number of ether oxygens (including phenoxy) is 3. The highest BCUT2D eigenvalue weighted by Gasteiger charge is 2.16. The standard InChI is InChI=1S/C21H19N3O5/c1-2-27-20(25)12-24-11-15(16-5-3-4-6-17(16)24)10-22-23-21(26)14-7-8-18-19(9-14)29-13-28-18/h3-11H,2,12-13H2,1H3,(H,23,26)/b22-10-. The Bertz CT molecular complexity index is 1100. The molecule has 0 saturated heterocycles. The molecule has 29 heavy (non-hydrogen) atoms. The number of para-hydroxylation sites is 1. The third-order valence-electron chi connectivity index (χ3n) is 4.43. The van der Waals surface area contributed by atoms with Gasteiger partial charge < -0.3 is 18.8 Å². The molecule has 4 rings (SSSR count). The summed E-state index contributed by atoms with van der Waals surface area (Å²) in [6, 6.07) is 12.6. The number of hydrogen-bond donors (Lipinski definition) is 1. The molecule has 0 spiro atoms. The number of carbonyl (C=O) groups excluding carboxylic acids is 2. The molecule has 0 bridgehead atoms. The molecule has 148 valence electrons. The topological polar surface area (TPSA) is 91.2 Å². The van der Waals surface area contributed by atoms with Crippen molar-refractivity contribution in [2.45, 2.75) is 13.5 Å². The fourth-order valence-electron chi connectivity index (χ4n) is 3.12. The van der Waals surface area contributed by atoms with E-state index in [9.17, 15) is 9.59 Å². The highest BCUT2D eigenvalue weighted by molar-refractivity contribution is 6.01. The van der Waals surface area contributed by atoms with Crippen LogP contribution in [0.5, 0.6) is 11.5 Å². The largest absolute Gasteiger partial charge is 0.465 e. The molecule has 0 unspecified atom stereocenters. The van der Waals surface area contributed by atoms with E-state index < -0.39 is 0 Å². The van der Waals surface area contributed by atoms with Gasteiger partial charge in [-0.2, -0.15) is 5.10 Å². The quantitative estimate of drug-likeness (QED) is 0.395. The molecule has 0 fully saturated rings. The molecule has 1 amide bonds. The van der Waals surface area contributed by atoms with Crippen molar-refractivity contribution >= 4 is 29.0 Å². The highest BCUT2D eigenvalue weighted by atomic mass is 16.7. The Kier molecular flexibility index (Phi) is 5.15. The molecule has 0 saturated carbocycles. The molecule has 8 nitrogen and oxygen atoms in total. The van der Waals surface area contributed by atoms with E-state index in [1.54, 1.807) is 42.1 Å². The second-order valence-electron chi connectivity index (χ2n) is 6.30. The van der Waals surface area contributed by atoms with Gasteiger partial charge in [0.2, 0.25) is 6.79 Å². The van der Waals surface area contributed by atoms with Crippen molar-refractivity contribution in [2.75, 3.05) is 13.4 Å². The Morgan fingerprint density at radius 3 is 2.90 bits per heavy atom. The van der Waals surface area contributed by atoms with Crippen LogP contribution in [0, 0.1) is 0 Å². The number of hydrogen-bond acceptors (Lipinski definition) is 6. The summed E-state index contributed by atoms with van der Waals surface area (Å²) in [6.07, 6.45) is 3.35. The van der Waals surface area contributed by atoms with Crippen molar-refractivity contribution in [3.63, 3.8) is 0 Å². The molecule has 1 aromatic heterocycles. The number of hydrazone groups is 1. The van der Waals surface area contributed by atoms with E-state index in [0.29, 0.717) is 23.7 Å². The Morgan fingerprint density at radius 2 is 2.03 bits per heavy atom. The minimum Gasteiger partial charge on any atom is -0.465 e. The Hall–Kier alpha value is -3.81. The normalized spacial score (nSPS) is 12.4. The minimum atomic E-state index is -0.366. The summed E-state index contributed by atoms with van der Waals surface area (Å²) in [7, 11) is 0. The summed E-state index contributed by atoms with van der Waals surface area (Å²) in [5, 5.41) is 4.98. The molecule has 0 aliphatic carbocycles. The lowest BCUT2D eigenvalue weighted by Crippen LogP contribution is -2.17. The van der Waals surface area contributed by atoms with Crippen molar-refractivity contribution in [2.24, 2.45) is 5.10 Å². The summed E-state index contributed by atoms with van der Waals surface area (Å²) in [4.78, 5) is 24.2. The van der Waals surface area contributed by atoms with Crippen molar-refractivity contribution < 1.29 is 23.8 Å². The zero-order valence-electron chi connectivity index (χ0n) is 15.8. The van der Waals surface area contributed by atoms with E-state index in [1.807, 2.05) is 24.3 Å². The molecule has 1 N–H and O–H groups in total. The third-order valence-corrected chi connectivity index (χ3v) is 4.43. The maximum Gasteiger partial charge on any atom is 0.325 e. The van der Waals surface area contributed by atoms with Gasteiger partial charge in [0.05, 0.1) is 12.8 Å². The summed E-state index contributed by atoms with van der Waals surface area (Å²) in [5.41, 5.74) is 4.57. The first-order chi connectivity index (χ1) is 14.2. The molecule has 2 heterocycles. The number of fused-ring (bicyclic) bond motifs is 2. The molecule has 0 radical (unpaired) electrons. The van der Waals surface area contributed by atoms with Gasteiger partial charge in [0.15, 0.2) is 11.5 Å². The van der Waals surface area contributed by atoms with Crippen LogP contribution in [0.3, 0.4) is 0 Å². The maximum atomic E-state index is 12.3. The van der Waals surface area contributed by atoms with Crippen LogP contribution in [0.1, 0.15) is 22.8 Å². The van der Waals surface area contributed by atoms with Crippen LogP contribution < -0.4 is 14.9 Å². The van der Waals surface area contributed by atoms with Gasteiger partial charge in [0.1, 0.15) is 6.54 Å². The van der Waals surface area contributed by atoms with Gasteiger partial charge >= 0.3 is 5.97 Å². The Balaban J connectivity index is 1.50. The van der Waals surface area contributed by atoms with Crippen LogP contribution >= 0.6 is 0 Å². The zero-order chi connectivity index (χ0) is 20.2. The van der Waals surface area contributed by atoms with Crippen molar-refractivity contribution in [3.8, 4) is 11.5 Å². The lowest BCUT2D eigenvalue weighted by Gasteiger charge is -2.04. The lowest BCUT2D eigenvalue weighted by molar-refractivity contribution is -0.143. The monoisotopic (exact) mass is 393 g/mol. The van der Waals surface area contributed by atoms with E-state index in [1.165, 1.54) is 0 Å². The molecular weight excluding hydrogens is 374 g/mol. The van der Waals surface area contributed by atoms with Crippen molar-refractivity contribution in [1.29, 1.82) is 0 Å². The summed E-state index contributed by atoms with van der Waals surface area (Å²) >= 11 is 0. The number of nitrogens with zero attached hydrogens (tertiary/aromatic N) is 2. The molecular formula is C21H19N3O5. The predicted molar refractivity (Wildman–Crippen MR) is 106 cm³/mol. The average Bonchev–Trinajstić information content (AvgIpc) is 3.33. The number of benzene rings is 2. The molecule has 2 aromatic carbocycles. The van der Waals surface area contributed by atoms with Crippen LogP contribution in [0.4, 0.5) is 0 Å². The van der Waals surface area contributed by atoms with Gasteiger partial charge in [-0.1, -0.05) is 18.2 Å². The Morgan fingerprint density at radius 1 is 1.21 bits per heavy atom. The zero-order valence-corrected chi connectivity index (χ0v) is 15.8. The van der Waals surface area contributed by atoms with Crippen molar-refractivity contribution in [3.05, 3.63) is 59.8 Å². The van der Waals surface area contributed by atoms with Gasteiger partial charge in [-0.15, -0.1) is 0 Å². The number of rotatable bonds is 6. The van der Waals surface area contributed by atoms with Gasteiger partial charge in [0, 0.05) is 28.2 Å². The van der Waals surface area contributed by atoms with Gasteiger partial charge in [-0.25, -0.2) is 5.43 Å². The van der Waals surface area contributed by atoms with Gasteiger partial charge in [0.25, 0.3) is 5.91 Å². The molecule has 0 atom stereocenters. The summed E-state index contributed by atoms with van der Waals surface area (Å²) in [6.45, 7) is 2.35. The smallest absolute Gasteiger partial charge is 0.325 e. The molecule has 8 heteroatoms. The number of carbonyl (C=O) groups is 2. The molecule has 1 aliphatic rings. The summed E-state index contributed by atoms with van der Waals surface area (Å²) < 4.78 is 17.3. The van der Waals surface area contributed by atoms with Crippen LogP contribution in [0.25, 0.3) is 10.9 Å². The van der Waals surface area contributed by atoms with E-state index in [-0.39, 0.29) is 25.2 Å². The second kappa shape index (κ2) is 8.05. The van der Waals surface area contributed by atoms with Crippen molar-refractivity contribution in [1.82, 2.24) is 9.99 Å². The van der Waals surface area contributed by atoms with Crippen LogP contribution in [-0.4, -0.2) is 36.1 Å². The first-order valence-corrected chi connectivity index (χ1v) is 9.12. The minimum absolute atomic E-state index is 0.103. The van der Waals surface area contributed by atoms with Crippen LogP contribution in [-0.2, 0) is 16.1 Å². The fraction of sp³-hybridized carbons (Fsp3) is 0.190. The number of nitrogens with one attached hydrogen (secondary N) is 1. The highest BCUT2D eigenvalue weighted by Crippen LogP contribution is 2.32. The first-order valence-electron chi connectivity index (χ1n) is 9.12. The van der Waals surface area contributed by atoms with Gasteiger partial charge in [-0.3, -0.25) is 9.59 Å². The SMILES string of the molecule is CCOC(=O)Cn1cc(/C=N\NC(=O)c2ccc3c(c2)OCO3)c2ccccc21. The molecule has 1 aliphatic heterocycles. The van der Waals surface area contributed by atoms with Crippen LogP contribution in [0.15, 0.2) is 53.8 Å². The van der Waals surface area contributed by atoms with E-state index in [2.05, 4.69) is 10.5 Å². The second-order valence-corrected chi connectivity index (χ2v) is 6.30. The maximum absolute atomic E-state index is 12.3. The van der Waals surface area contributed by atoms with Gasteiger partial charge in [-0.05, 0) is 31.2 Å². The predicted octanol–water partition coefficient (Wildman–Crippen LogP) is 2.70. The first kappa shape index (κ1) is 18.5. The van der Waals surface area contributed by atoms with E-state index >= 15 is 0 Å². The Labute approximate surface area is 166 Å². The van der Waals surface area contributed by atoms with E-state index in [4.69, 9.17) is 14.2 Å². The molecule has 3 aromatic rings. The number of amides is 1. The summed E-state index contributed by atoms with van der Waals surface area (Å²) in [5.74, 6) is 0.464. The number of aromatic nitrogens is 1. The average molecular weight is 393 g/mol. The fourth-order valence-corrected chi connectivity index (χ4v) is 3.12. The number of esters is 1. The lowest BCUT2D eigenvalue weighted by atomic mass is 10.2.